The molecule has 3 aliphatic heterocycles. The van der Waals surface area contributed by atoms with E-state index in [1.807, 2.05) is 0 Å². The molecule has 3 fully saturated rings. The lowest BCUT2D eigenvalue weighted by molar-refractivity contribution is -0.297. The lowest BCUT2D eigenvalue weighted by atomic mass is 9.95. The van der Waals surface area contributed by atoms with Crippen LogP contribution in [-0.4, -0.2) is 237 Å². The van der Waals surface area contributed by atoms with E-state index in [0.29, 0.717) is 32.1 Å². The number of aliphatic hydroxyl groups is 9. The van der Waals surface area contributed by atoms with Gasteiger partial charge in [-0.2, -0.15) is 0 Å². The summed E-state index contributed by atoms with van der Waals surface area (Å²) in [6.07, 6.45) is -0.255. The number of carbonyl (C=O) groups is 6. The van der Waals surface area contributed by atoms with Crippen LogP contribution < -0.4 is 10.6 Å². The van der Waals surface area contributed by atoms with Crippen LogP contribution in [0.15, 0.2) is 0 Å². The molecule has 3 heterocycles. The molecule has 0 aliphatic carbocycles. The molecule has 33 nitrogen and oxygen atoms in total. The summed E-state index contributed by atoms with van der Waals surface area (Å²) in [5.41, 5.74) is 0. The first kappa shape index (κ1) is 105. The Bertz CT molecular complexity index is 2680. The van der Waals surface area contributed by atoms with Crippen molar-refractivity contribution >= 4 is 51.3 Å². The monoisotopic (exact) mass is 1680 g/mol. The fraction of sp³-hybridized carbons (Fsp3) is 0.924. The van der Waals surface area contributed by atoms with Crippen molar-refractivity contribution in [2.75, 3.05) is 19.8 Å². The van der Waals surface area contributed by atoms with Gasteiger partial charge in [-0.3, -0.25) is 37.8 Å². The Morgan fingerprint density at radius 2 is 0.667 bits per heavy atom. The molecule has 0 bridgehead atoms. The van der Waals surface area contributed by atoms with Crippen LogP contribution in [0.5, 0.6) is 0 Å². The van der Waals surface area contributed by atoms with Gasteiger partial charge in [0, 0.05) is 12.8 Å². The lowest BCUT2D eigenvalue weighted by Crippen LogP contribution is -2.68. The summed E-state index contributed by atoms with van der Waals surface area (Å²) in [5, 5.41) is 102. The normalized spacial score (nSPS) is 25.1. The van der Waals surface area contributed by atoms with Gasteiger partial charge in [-0.1, -0.05) is 259 Å². The molecule has 114 heavy (non-hydrogen) atoms. The van der Waals surface area contributed by atoms with Crippen LogP contribution in [0.1, 0.15) is 329 Å². The molecule has 19 atom stereocenters. The molecule has 35 heteroatoms. The van der Waals surface area contributed by atoms with Crippen molar-refractivity contribution < 1.29 is 150 Å². The number of phosphoric ester groups is 2. The van der Waals surface area contributed by atoms with Gasteiger partial charge in [-0.05, 0) is 32.1 Å². The van der Waals surface area contributed by atoms with E-state index in [1.165, 1.54) is 0 Å². The van der Waals surface area contributed by atoms with Crippen molar-refractivity contribution in [2.24, 2.45) is 0 Å². The zero-order chi connectivity index (χ0) is 84.3. The highest BCUT2D eigenvalue weighted by molar-refractivity contribution is 7.46. The number of phosphoric acid groups is 2. The summed E-state index contributed by atoms with van der Waals surface area (Å²) < 4.78 is 82.7. The average Bonchev–Trinajstić information content (AvgIpc) is 0.779. The molecule has 0 spiro atoms. The number of carbonyl (C=O) groups excluding carboxylic acids is 6. The molecule has 0 aromatic heterocycles. The number of unbranched alkanes of at least 4 members (excludes halogenated alkanes) is 32. The minimum absolute atomic E-state index is 0.107. The summed E-state index contributed by atoms with van der Waals surface area (Å²) in [7, 11) is -11.5. The van der Waals surface area contributed by atoms with Gasteiger partial charge >= 0.3 is 39.5 Å². The van der Waals surface area contributed by atoms with Crippen LogP contribution in [-0.2, 0) is 84.8 Å². The highest BCUT2D eigenvalue weighted by atomic mass is 31.2. The highest BCUT2D eigenvalue weighted by Crippen LogP contribution is 2.44. The summed E-state index contributed by atoms with van der Waals surface area (Å²) in [6.45, 7) is 5.67. The zero-order valence-electron chi connectivity index (χ0n) is 68.4. The second kappa shape index (κ2) is 60.9. The molecule has 15 N–H and O–H groups in total. The molecule has 3 aliphatic rings. The number of esters is 4. The van der Waals surface area contributed by atoms with Crippen LogP contribution in [0, 0.1) is 0 Å². The molecule has 3 saturated heterocycles. The second-order valence-electron chi connectivity index (χ2n) is 31.3. The molecule has 668 valence electrons. The molecule has 0 aromatic carbocycles. The smallest absolute Gasteiger partial charge is 0.463 e. The topological polar surface area (TPSA) is 516 Å². The highest BCUT2D eigenvalue weighted by Gasteiger charge is 2.55. The standard InChI is InChI=1S/C79H146N2O31P2/c1-5-9-13-17-21-25-29-33-37-42-55(82)48-62(86)80-68-75(109-66(90)50-57(84)44-39-35-31-27-23-19-15-11-7-3)71(93)60(107-79(68)112-114(100,101)102)53-105-78-69(81-63(87)49-56(83)43-38-34-30-26-22-18-14-10-6-2)76(110-67(91)51-58(85)45-40-36-32-28-24-20-16-12-8-4)74(111-113(97,98)99)61(108-78)54-104-65(89)47-41-46-64(88)103-52-59-70(92)72(94)73(95)77(96)106-59/h55-61,68-79,82-85,92-96H,5-54H2,1-4H3,(H,80,86)(H,81,87)(H2,97,98,99)(H2,100,101,102)/t55-,56-,57-,58-,59-,60-,61-,68-,69-,70-,71-,72+,73-,74-,75-,76-,77?,78-,79-/m1/s1. The first-order valence-electron chi connectivity index (χ1n) is 42.9. The Balaban J connectivity index is 2.12. The van der Waals surface area contributed by atoms with Crippen molar-refractivity contribution in [1.82, 2.24) is 10.6 Å². The number of hydrogen-bond acceptors (Lipinski definition) is 27. The third kappa shape index (κ3) is 46.9. The van der Waals surface area contributed by atoms with Crippen LogP contribution >= 0.6 is 15.6 Å². The quantitative estimate of drug-likeness (QED) is 0.0117. The maximum absolute atomic E-state index is 14.4. The molecule has 3 rings (SSSR count). The predicted molar refractivity (Wildman–Crippen MR) is 417 cm³/mol. The molecular weight excluding hydrogens is 1530 g/mol. The number of ether oxygens (including phenoxy) is 8. The zero-order valence-corrected chi connectivity index (χ0v) is 70.2. The van der Waals surface area contributed by atoms with Crippen molar-refractivity contribution in [1.29, 1.82) is 0 Å². The van der Waals surface area contributed by atoms with E-state index in [9.17, 15) is 103 Å². The van der Waals surface area contributed by atoms with Crippen molar-refractivity contribution in [3.05, 3.63) is 0 Å². The number of amides is 2. The molecular formula is C79H146N2O31P2. The SMILES string of the molecule is CCCCCCCCCCC[C@@H](O)CC(=O)N[C@H]1[C@H](OC[C@H]2O[C@H](OP(=O)(O)O)[C@H](NC(=O)C[C@H](O)CCCCCCCCCCC)[C@@H](OC(=O)C[C@H](O)CCCCCCCCCCC)[C@@H]2O)O[C@H](COC(=O)CCCC(=O)OC[C@H]2OC(O)[C@H](O)[C@@H](O)[C@@H]2O)[C@@H](OP(=O)(O)O)[C@@H]1OC(=O)C[C@H](O)CCCCCCCCCCC. The Morgan fingerprint density at radius 3 is 1.04 bits per heavy atom. The Kier molecular flexibility index (Phi) is 55.9. The maximum atomic E-state index is 14.4. The third-order valence-electron chi connectivity index (χ3n) is 20.9. The van der Waals surface area contributed by atoms with E-state index in [-0.39, 0.29) is 32.1 Å². The van der Waals surface area contributed by atoms with Gasteiger partial charge in [-0.15, -0.1) is 0 Å². The van der Waals surface area contributed by atoms with Crippen molar-refractivity contribution in [2.45, 2.75) is 446 Å². The van der Waals surface area contributed by atoms with Gasteiger partial charge in [0.15, 0.2) is 31.1 Å². The minimum Gasteiger partial charge on any atom is -0.463 e. The van der Waals surface area contributed by atoms with E-state index < -0.39 is 226 Å². The third-order valence-corrected chi connectivity index (χ3v) is 21.9. The number of hydrogen-bond donors (Lipinski definition) is 15. The van der Waals surface area contributed by atoms with Gasteiger partial charge in [0.05, 0.1) is 56.7 Å². The van der Waals surface area contributed by atoms with Gasteiger partial charge in [0.2, 0.25) is 11.8 Å². The van der Waals surface area contributed by atoms with Crippen molar-refractivity contribution in [3.63, 3.8) is 0 Å². The van der Waals surface area contributed by atoms with E-state index in [4.69, 9.17) is 46.9 Å². The van der Waals surface area contributed by atoms with Gasteiger partial charge in [-0.25, -0.2) is 9.13 Å². The van der Waals surface area contributed by atoms with Crippen LogP contribution in [0.4, 0.5) is 0 Å². The van der Waals surface area contributed by atoms with Crippen LogP contribution in [0.25, 0.3) is 0 Å². The van der Waals surface area contributed by atoms with E-state index >= 15 is 0 Å². The summed E-state index contributed by atoms with van der Waals surface area (Å²) in [4.78, 5) is 125. The summed E-state index contributed by atoms with van der Waals surface area (Å²) >= 11 is 0. The Morgan fingerprint density at radius 1 is 0.342 bits per heavy atom. The van der Waals surface area contributed by atoms with Gasteiger partial charge < -0.3 is 114 Å². The van der Waals surface area contributed by atoms with E-state index in [1.54, 1.807) is 0 Å². The Labute approximate surface area is 675 Å². The molecule has 0 radical (unpaired) electrons. The largest absolute Gasteiger partial charge is 0.472 e. The van der Waals surface area contributed by atoms with E-state index in [2.05, 4.69) is 38.3 Å². The number of aliphatic hydroxyl groups excluding tert-OH is 9. The fourth-order valence-corrected chi connectivity index (χ4v) is 15.4. The van der Waals surface area contributed by atoms with Crippen LogP contribution in [0.2, 0.25) is 0 Å². The summed E-state index contributed by atoms with van der Waals surface area (Å²) in [5.74, 6) is -6.39. The molecule has 2 amide bonds. The maximum Gasteiger partial charge on any atom is 0.472 e. The van der Waals surface area contributed by atoms with Gasteiger partial charge in [0.25, 0.3) is 0 Å². The Hall–Kier alpha value is -3.48. The first-order valence-corrected chi connectivity index (χ1v) is 45.9. The minimum atomic E-state index is -5.80. The fourth-order valence-electron chi connectivity index (χ4n) is 14.3. The number of rotatable bonds is 67. The van der Waals surface area contributed by atoms with E-state index in [0.717, 1.165) is 199 Å². The first-order chi connectivity index (χ1) is 54.4. The molecule has 0 aromatic rings. The van der Waals surface area contributed by atoms with Crippen LogP contribution in [0.3, 0.4) is 0 Å². The predicted octanol–water partition coefficient (Wildman–Crippen LogP) is 8.94. The molecule has 0 saturated carbocycles. The van der Waals surface area contributed by atoms with Gasteiger partial charge in [0.1, 0.15) is 74.1 Å². The molecule has 1 unspecified atom stereocenters. The lowest BCUT2D eigenvalue weighted by Gasteiger charge is -2.47. The average molecular weight is 1680 g/mol. The second-order valence-corrected chi connectivity index (χ2v) is 33.7. The van der Waals surface area contributed by atoms with Crippen molar-refractivity contribution in [3.8, 4) is 0 Å². The number of nitrogens with one attached hydrogen (secondary N) is 2. The summed E-state index contributed by atoms with van der Waals surface area (Å²) in [6, 6.07) is -4.00.